The average molecular weight is 313 g/mol. The molecule has 0 aromatic carbocycles. The highest BCUT2D eigenvalue weighted by molar-refractivity contribution is 5.68. The minimum atomic E-state index is -0.432. The molecule has 1 atom stereocenters. The van der Waals surface area contributed by atoms with Crippen molar-refractivity contribution in [2.75, 3.05) is 32.8 Å². The summed E-state index contributed by atoms with van der Waals surface area (Å²) in [5.41, 5.74) is -0.432. The Bertz CT molecular complexity index is 358. The number of alkyl carbamates (subject to hydrolysis) is 1. The van der Waals surface area contributed by atoms with Crippen molar-refractivity contribution in [3.63, 3.8) is 0 Å². The molecule has 1 aliphatic carbocycles. The van der Waals surface area contributed by atoms with E-state index in [-0.39, 0.29) is 12.1 Å². The second-order valence-electron chi connectivity index (χ2n) is 7.49. The Balaban J connectivity index is 1.57. The third kappa shape index (κ3) is 6.10. The van der Waals surface area contributed by atoms with Gasteiger partial charge >= 0.3 is 6.09 Å². The van der Waals surface area contributed by atoms with Crippen molar-refractivity contribution in [1.82, 2.24) is 15.5 Å². The Labute approximate surface area is 133 Å². The molecule has 0 aromatic rings. The molecular weight excluding hydrogens is 282 g/mol. The van der Waals surface area contributed by atoms with Gasteiger partial charge in [0.1, 0.15) is 5.60 Å². The maximum absolute atomic E-state index is 11.7. The van der Waals surface area contributed by atoms with E-state index in [4.69, 9.17) is 9.47 Å². The number of hydrogen-bond donors (Lipinski definition) is 2. The lowest BCUT2D eigenvalue weighted by Crippen LogP contribution is -2.56. The molecule has 2 N–H and O–H groups in total. The second kappa shape index (κ2) is 7.62. The van der Waals surface area contributed by atoms with E-state index in [2.05, 4.69) is 22.5 Å². The summed E-state index contributed by atoms with van der Waals surface area (Å²) < 4.78 is 10.6. The topological polar surface area (TPSA) is 62.8 Å². The van der Waals surface area contributed by atoms with E-state index in [0.717, 1.165) is 45.7 Å². The van der Waals surface area contributed by atoms with Crippen LogP contribution in [0.15, 0.2) is 0 Å². The van der Waals surface area contributed by atoms with Gasteiger partial charge in [0.25, 0.3) is 0 Å². The van der Waals surface area contributed by atoms with Crippen molar-refractivity contribution >= 4 is 6.09 Å². The number of carbonyl (C=O) groups is 1. The van der Waals surface area contributed by atoms with Gasteiger partial charge in [0.15, 0.2) is 0 Å². The highest BCUT2D eigenvalue weighted by Crippen LogP contribution is 2.21. The number of ether oxygens (including phenoxy) is 2. The molecule has 1 amide bonds. The molecule has 2 aliphatic rings. The predicted molar refractivity (Wildman–Crippen MR) is 86.0 cm³/mol. The van der Waals surface area contributed by atoms with Crippen LogP contribution < -0.4 is 10.6 Å². The van der Waals surface area contributed by atoms with Crippen molar-refractivity contribution in [2.24, 2.45) is 0 Å². The summed E-state index contributed by atoms with van der Waals surface area (Å²) in [6, 6.07) is 1.20. The smallest absolute Gasteiger partial charge is 0.407 e. The standard InChI is InChI=1S/C16H31N3O3/c1-12(11-19-5-7-21-8-6-19)17-13-9-14(10-13)18-15(20)22-16(2,3)4/h12-14,17H,5-11H2,1-4H3,(H,18,20). The maximum Gasteiger partial charge on any atom is 0.407 e. The number of carbonyl (C=O) groups excluding carboxylic acids is 1. The van der Waals surface area contributed by atoms with Crippen molar-refractivity contribution in [3.8, 4) is 0 Å². The van der Waals surface area contributed by atoms with Gasteiger partial charge in [0.2, 0.25) is 0 Å². The summed E-state index contributed by atoms with van der Waals surface area (Å²) in [5.74, 6) is 0. The zero-order valence-corrected chi connectivity index (χ0v) is 14.4. The van der Waals surface area contributed by atoms with Gasteiger partial charge in [-0.15, -0.1) is 0 Å². The lowest BCUT2D eigenvalue weighted by atomic mass is 9.86. The Kier molecular flexibility index (Phi) is 6.06. The van der Waals surface area contributed by atoms with Crippen LogP contribution >= 0.6 is 0 Å². The van der Waals surface area contributed by atoms with Gasteiger partial charge < -0.3 is 20.1 Å². The molecule has 1 aliphatic heterocycles. The van der Waals surface area contributed by atoms with Crippen LogP contribution in [0.5, 0.6) is 0 Å². The van der Waals surface area contributed by atoms with E-state index < -0.39 is 5.60 Å². The van der Waals surface area contributed by atoms with Crippen LogP contribution in [0, 0.1) is 0 Å². The Morgan fingerprint density at radius 1 is 1.27 bits per heavy atom. The highest BCUT2D eigenvalue weighted by Gasteiger charge is 2.32. The van der Waals surface area contributed by atoms with Crippen LogP contribution in [-0.2, 0) is 9.47 Å². The van der Waals surface area contributed by atoms with Crippen molar-refractivity contribution in [2.45, 2.75) is 64.3 Å². The molecule has 6 heteroatoms. The zero-order chi connectivity index (χ0) is 16.2. The van der Waals surface area contributed by atoms with E-state index >= 15 is 0 Å². The summed E-state index contributed by atoms with van der Waals surface area (Å²) in [7, 11) is 0. The Hall–Kier alpha value is -0.850. The molecule has 1 heterocycles. The fourth-order valence-electron chi connectivity index (χ4n) is 2.97. The first-order chi connectivity index (χ1) is 10.3. The van der Waals surface area contributed by atoms with Crippen molar-refractivity contribution in [3.05, 3.63) is 0 Å². The van der Waals surface area contributed by atoms with Crippen LogP contribution in [0.4, 0.5) is 4.79 Å². The number of hydrogen-bond acceptors (Lipinski definition) is 5. The van der Waals surface area contributed by atoms with Crippen LogP contribution in [-0.4, -0.2) is 67.6 Å². The molecule has 1 unspecified atom stereocenters. The SMILES string of the molecule is CC(CN1CCOCC1)NC1CC(NC(=O)OC(C)(C)C)C1. The summed E-state index contributed by atoms with van der Waals surface area (Å²) in [5, 5.41) is 6.57. The fraction of sp³-hybridized carbons (Fsp3) is 0.938. The molecular formula is C16H31N3O3. The van der Waals surface area contributed by atoms with Gasteiger partial charge in [-0.2, -0.15) is 0 Å². The Morgan fingerprint density at radius 2 is 1.91 bits per heavy atom. The molecule has 2 rings (SSSR count). The van der Waals surface area contributed by atoms with Gasteiger partial charge in [-0.05, 0) is 40.5 Å². The van der Waals surface area contributed by atoms with Crippen molar-refractivity contribution in [1.29, 1.82) is 0 Å². The molecule has 22 heavy (non-hydrogen) atoms. The quantitative estimate of drug-likeness (QED) is 0.802. The van der Waals surface area contributed by atoms with E-state index in [1.807, 2.05) is 20.8 Å². The fourth-order valence-corrected chi connectivity index (χ4v) is 2.97. The summed E-state index contributed by atoms with van der Waals surface area (Å²) in [6.07, 6.45) is 1.65. The third-order valence-electron chi connectivity index (χ3n) is 4.01. The van der Waals surface area contributed by atoms with Crippen LogP contribution in [0.25, 0.3) is 0 Å². The predicted octanol–water partition coefficient (Wildman–Crippen LogP) is 1.35. The van der Waals surface area contributed by atoms with Gasteiger partial charge in [-0.1, -0.05) is 0 Å². The van der Waals surface area contributed by atoms with Crippen LogP contribution in [0.2, 0.25) is 0 Å². The molecule has 0 bridgehead atoms. The molecule has 0 radical (unpaired) electrons. The number of morpholine rings is 1. The Morgan fingerprint density at radius 3 is 2.50 bits per heavy atom. The number of amides is 1. The van der Waals surface area contributed by atoms with E-state index in [0.29, 0.717) is 12.1 Å². The number of nitrogens with one attached hydrogen (secondary N) is 2. The summed E-state index contributed by atoms with van der Waals surface area (Å²) in [6.45, 7) is 12.7. The minimum absolute atomic E-state index is 0.239. The summed E-state index contributed by atoms with van der Waals surface area (Å²) >= 11 is 0. The van der Waals surface area contributed by atoms with E-state index in [1.54, 1.807) is 0 Å². The van der Waals surface area contributed by atoms with Gasteiger partial charge in [0, 0.05) is 37.8 Å². The maximum atomic E-state index is 11.7. The zero-order valence-electron chi connectivity index (χ0n) is 14.4. The third-order valence-corrected chi connectivity index (χ3v) is 4.01. The minimum Gasteiger partial charge on any atom is -0.444 e. The lowest BCUT2D eigenvalue weighted by molar-refractivity contribution is 0.0322. The molecule has 128 valence electrons. The first-order valence-electron chi connectivity index (χ1n) is 8.37. The monoisotopic (exact) mass is 313 g/mol. The van der Waals surface area contributed by atoms with E-state index in [1.165, 1.54) is 0 Å². The first kappa shape index (κ1) is 17.5. The summed E-state index contributed by atoms with van der Waals surface area (Å²) in [4.78, 5) is 14.1. The first-order valence-corrected chi connectivity index (χ1v) is 8.37. The lowest BCUT2D eigenvalue weighted by Gasteiger charge is -2.39. The van der Waals surface area contributed by atoms with Crippen LogP contribution in [0.3, 0.4) is 0 Å². The highest BCUT2D eigenvalue weighted by atomic mass is 16.6. The molecule has 1 saturated heterocycles. The molecule has 0 spiro atoms. The number of nitrogens with zero attached hydrogens (tertiary/aromatic N) is 1. The second-order valence-corrected chi connectivity index (χ2v) is 7.49. The van der Waals surface area contributed by atoms with Gasteiger partial charge in [-0.25, -0.2) is 4.79 Å². The van der Waals surface area contributed by atoms with E-state index in [9.17, 15) is 4.79 Å². The molecule has 0 aromatic heterocycles. The molecule has 6 nitrogen and oxygen atoms in total. The van der Waals surface area contributed by atoms with Gasteiger partial charge in [-0.3, -0.25) is 4.90 Å². The molecule has 2 fully saturated rings. The normalized spacial score (nSPS) is 27.8. The molecule has 1 saturated carbocycles. The average Bonchev–Trinajstić information content (AvgIpc) is 2.35. The number of rotatable bonds is 5. The van der Waals surface area contributed by atoms with Crippen molar-refractivity contribution < 1.29 is 14.3 Å². The van der Waals surface area contributed by atoms with Gasteiger partial charge in [0.05, 0.1) is 13.2 Å². The largest absolute Gasteiger partial charge is 0.444 e. The van der Waals surface area contributed by atoms with Crippen LogP contribution in [0.1, 0.15) is 40.5 Å².